The summed E-state index contributed by atoms with van der Waals surface area (Å²) in [5.74, 6) is -1.04. The van der Waals surface area contributed by atoms with Crippen LogP contribution < -0.4 is 5.32 Å². The average molecular weight is 606 g/mol. The fraction of sp³-hybridized carbons (Fsp3) is 0.250. The number of carbonyl (C=O) groups excluding carboxylic acids is 2. The van der Waals surface area contributed by atoms with Crippen molar-refractivity contribution in [3.63, 3.8) is 0 Å². The van der Waals surface area contributed by atoms with Gasteiger partial charge in [-0.05, 0) is 66.9 Å². The van der Waals surface area contributed by atoms with Gasteiger partial charge < -0.3 is 15.3 Å². The number of amides is 2. The van der Waals surface area contributed by atoms with Crippen LogP contribution in [-0.4, -0.2) is 57.2 Å². The van der Waals surface area contributed by atoms with Crippen molar-refractivity contribution in [2.45, 2.75) is 31.7 Å². The second kappa shape index (κ2) is 13.2. The van der Waals surface area contributed by atoms with Crippen molar-refractivity contribution in [3.05, 3.63) is 111 Å². The Morgan fingerprint density at radius 2 is 1.55 bits per heavy atom. The van der Waals surface area contributed by atoms with E-state index in [0.29, 0.717) is 40.8 Å². The second-order valence-corrected chi connectivity index (χ2v) is 11.2. The number of benzene rings is 3. The van der Waals surface area contributed by atoms with Crippen LogP contribution in [0.4, 0.5) is 0 Å². The predicted molar refractivity (Wildman–Crippen MR) is 162 cm³/mol. The molecule has 1 aliphatic heterocycles. The molecule has 0 bridgehead atoms. The van der Waals surface area contributed by atoms with E-state index in [1.807, 2.05) is 64.2 Å². The normalized spacial score (nSPS) is 13.6. The lowest BCUT2D eigenvalue weighted by Gasteiger charge is -2.32. The van der Waals surface area contributed by atoms with E-state index in [4.69, 9.17) is 33.4 Å². The fourth-order valence-electron chi connectivity index (χ4n) is 5.19. The van der Waals surface area contributed by atoms with Crippen LogP contribution in [-0.2, 0) is 11.3 Å². The number of carboxylic acid groups (broad SMARTS) is 1. The minimum atomic E-state index is -0.964. The Hall–Kier alpha value is -4.14. The molecule has 0 spiro atoms. The SMILES string of the molecule is O=C(O)CCNC(=O)c1ccc(Cn2nc(-c3cc(Cl)cc(Cl)c3)cc2C2CCN(C(=O)c3ccccc3)CC2)cc1. The van der Waals surface area contributed by atoms with Crippen molar-refractivity contribution in [1.29, 1.82) is 0 Å². The molecule has 1 aliphatic rings. The summed E-state index contributed by atoms with van der Waals surface area (Å²) in [6.45, 7) is 1.84. The molecule has 1 aromatic heterocycles. The first kappa shape index (κ1) is 29.4. The Morgan fingerprint density at radius 3 is 2.19 bits per heavy atom. The van der Waals surface area contributed by atoms with Crippen molar-refractivity contribution in [2.75, 3.05) is 19.6 Å². The van der Waals surface area contributed by atoms with Crippen LogP contribution in [0, 0.1) is 0 Å². The third-order valence-corrected chi connectivity index (χ3v) is 7.80. The lowest BCUT2D eigenvalue weighted by molar-refractivity contribution is -0.136. The molecule has 1 saturated heterocycles. The van der Waals surface area contributed by atoms with Gasteiger partial charge in [0.2, 0.25) is 0 Å². The molecule has 2 amide bonds. The molecule has 2 heterocycles. The van der Waals surface area contributed by atoms with E-state index in [0.717, 1.165) is 35.4 Å². The highest BCUT2D eigenvalue weighted by molar-refractivity contribution is 6.35. The lowest BCUT2D eigenvalue weighted by atomic mass is 9.92. The van der Waals surface area contributed by atoms with Gasteiger partial charge >= 0.3 is 5.97 Å². The molecule has 10 heteroatoms. The number of rotatable bonds is 9. The number of aliphatic carboxylic acids is 1. The summed E-state index contributed by atoms with van der Waals surface area (Å²) in [6.07, 6.45) is 1.47. The van der Waals surface area contributed by atoms with Crippen LogP contribution in [0.1, 0.15) is 57.2 Å². The maximum Gasteiger partial charge on any atom is 0.305 e. The highest BCUT2D eigenvalue weighted by Crippen LogP contribution is 2.33. The highest BCUT2D eigenvalue weighted by atomic mass is 35.5. The molecule has 0 atom stereocenters. The second-order valence-electron chi connectivity index (χ2n) is 10.3. The number of hydrogen-bond acceptors (Lipinski definition) is 4. The van der Waals surface area contributed by atoms with Gasteiger partial charge in [0.25, 0.3) is 11.8 Å². The monoisotopic (exact) mass is 604 g/mol. The largest absolute Gasteiger partial charge is 0.481 e. The van der Waals surface area contributed by atoms with E-state index in [2.05, 4.69) is 11.4 Å². The topological polar surface area (TPSA) is 105 Å². The number of piperidine rings is 1. The van der Waals surface area contributed by atoms with Crippen molar-refractivity contribution >= 4 is 41.0 Å². The first-order chi connectivity index (χ1) is 20.3. The Kier molecular flexibility index (Phi) is 9.25. The van der Waals surface area contributed by atoms with Gasteiger partial charge in [0.15, 0.2) is 0 Å². The van der Waals surface area contributed by atoms with E-state index in [-0.39, 0.29) is 30.7 Å². The summed E-state index contributed by atoms with van der Waals surface area (Å²) in [5, 5.41) is 17.4. The number of nitrogens with zero attached hydrogens (tertiary/aromatic N) is 3. The van der Waals surface area contributed by atoms with Gasteiger partial charge in [-0.15, -0.1) is 0 Å². The number of hydrogen-bond donors (Lipinski definition) is 2. The zero-order valence-corrected chi connectivity index (χ0v) is 24.3. The molecular formula is C32H30Cl2N4O4. The maximum atomic E-state index is 13.0. The Labute approximate surface area is 253 Å². The third-order valence-electron chi connectivity index (χ3n) is 7.36. The van der Waals surface area contributed by atoms with Gasteiger partial charge in [-0.3, -0.25) is 19.1 Å². The Bertz CT molecular complexity index is 1560. The molecule has 8 nitrogen and oxygen atoms in total. The molecule has 0 aliphatic carbocycles. The zero-order chi connectivity index (χ0) is 29.6. The number of carboxylic acids is 1. The summed E-state index contributed by atoms with van der Waals surface area (Å²) in [6, 6.07) is 24.0. The van der Waals surface area contributed by atoms with Crippen molar-refractivity contribution < 1.29 is 19.5 Å². The fourth-order valence-corrected chi connectivity index (χ4v) is 5.72. The first-order valence-corrected chi connectivity index (χ1v) is 14.5. The number of carbonyl (C=O) groups is 3. The van der Waals surface area contributed by atoms with Gasteiger partial charge in [0, 0.05) is 58.0 Å². The van der Waals surface area contributed by atoms with Gasteiger partial charge in [-0.25, -0.2) is 0 Å². The quantitative estimate of drug-likeness (QED) is 0.239. The summed E-state index contributed by atoms with van der Waals surface area (Å²) < 4.78 is 1.98. The smallest absolute Gasteiger partial charge is 0.305 e. The molecule has 216 valence electrons. The van der Waals surface area contributed by atoms with Crippen molar-refractivity contribution in [3.8, 4) is 11.3 Å². The minimum Gasteiger partial charge on any atom is -0.481 e. The molecule has 1 fully saturated rings. The zero-order valence-electron chi connectivity index (χ0n) is 22.8. The highest BCUT2D eigenvalue weighted by Gasteiger charge is 2.27. The summed E-state index contributed by atoms with van der Waals surface area (Å²) in [4.78, 5) is 38.0. The van der Waals surface area contributed by atoms with E-state index >= 15 is 0 Å². The van der Waals surface area contributed by atoms with Crippen LogP contribution >= 0.6 is 23.2 Å². The van der Waals surface area contributed by atoms with Gasteiger partial charge in [0.05, 0.1) is 18.7 Å². The van der Waals surface area contributed by atoms with Crippen LogP contribution in [0.15, 0.2) is 78.9 Å². The lowest BCUT2D eigenvalue weighted by Crippen LogP contribution is -2.38. The molecule has 3 aromatic carbocycles. The minimum absolute atomic E-state index is 0.0453. The maximum absolute atomic E-state index is 13.0. The Morgan fingerprint density at radius 1 is 0.881 bits per heavy atom. The van der Waals surface area contributed by atoms with Gasteiger partial charge in [-0.2, -0.15) is 5.10 Å². The first-order valence-electron chi connectivity index (χ1n) is 13.7. The third kappa shape index (κ3) is 7.19. The summed E-state index contributed by atoms with van der Waals surface area (Å²) in [7, 11) is 0. The molecule has 42 heavy (non-hydrogen) atoms. The van der Waals surface area contributed by atoms with Crippen LogP contribution in [0.25, 0.3) is 11.3 Å². The molecule has 4 aromatic rings. The predicted octanol–water partition coefficient (Wildman–Crippen LogP) is 6.13. The van der Waals surface area contributed by atoms with Crippen LogP contribution in [0.2, 0.25) is 10.0 Å². The van der Waals surface area contributed by atoms with Crippen molar-refractivity contribution in [1.82, 2.24) is 20.0 Å². The van der Waals surface area contributed by atoms with E-state index < -0.39 is 5.97 Å². The average Bonchev–Trinajstić information content (AvgIpc) is 3.41. The van der Waals surface area contributed by atoms with E-state index in [1.165, 1.54) is 0 Å². The van der Waals surface area contributed by atoms with Crippen LogP contribution in [0.5, 0.6) is 0 Å². The standard InChI is InChI=1S/C32H30Cl2N4O4/c33-26-16-25(17-27(34)18-26)28-19-29(22-11-14-37(15-12-22)32(42)24-4-2-1-3-5-24)38(36-28)20-21-6-8-23(9-7-21)31(41)35-13-10-30(39)40/h1-9,16-19,22H,10-15,20H2,(H,35,41)(H,39,40). The van der Waals surface area contributed by atoms with E-state index in [9.17, 15) is 14.4 Å². The van der Waals surface area contributed by atoms with E-state index in [1.54, 1.807) is 18.2 Å². The molecule has 2 N–H and O–H groups in total. The molecule has 5 rings (SSSR count). The summed E-state index contributed by atoms with van der Waals surface area (Å²) >= 11 is 12.6. The number of likely N-dealkylation sites (tertiary alicyclic amines) is 1. The Balaban J connectivity index is 1.35. The number of aromatic nitrogens is 2. The molecule has 0 saturated carbocycles. The van der Waals surface area contributed by atoms with Crippen molar-refractivity contribution in [2.24, 2.45) is 0 Å². The van der Waals surface area contributed by atoms with Gasteiger partial charge in [-0.1, -0.05) is 53.5 Å². The molecular weight excluding hydrogens is 575 g/mol. The summed E-state index contributed by atoms with van der Waals surface area (Å²) in [5.41, 5.74) is 4.73. The van der Waals surface area contributed by atoms with Crippen LogP contribution in [0.3, 0.4) is 0 Å². The molecule has 0 radical (unpaired) electrons. The molecule has 0 unspecified atom stereocenters. The number of halogens is 2. The van der Waals surface area contributed by atoms with Gasteiger partial charge in [0.1, 0.15) is 0 Å². The number of nitrogens with one attached hydrogen (secondary N) is 1.